The fourth-order valence-electron chi connectivity index (χ4n) is 0.617. The third kappa shape index (κ3) is 1.99. The summed E-state index contributed by atoms with van der Waals surface area (Å²) in [6.45, 7) is 4.09. The molecule has 0 N–H and O–H groups in total. The molecular formula is C8H10N2O2. The van der Waals surface area contributed by atoms with Gasteiger partial charge in [-0.2, -0.15) is 4.98 Å². The van der Waals surface area contributed by atoms with E-state index in [1.54, 1.807) is 0 Å². The van der Waals surface area contributed by atoms with E-state index in [0.29, 0.717) is 5.82 Å². The zero-order valence-corrected chi connectivity index (χ0v) is 7.07. The average Bonchev–Trinajstić information content (AvgIpc) is 2.48. The first-order valence-corrected chi connectivity index (χ1v) is 3.64. The van der Waals surface area contributed by atoms with Gasteiger partial charge in [0.05, 0.1) is 0 Å². The molecule has 0 radical (unpaired) electrons. The zero-order chi connectivity index (χ0) is 8.97. The van der Waals surface area contributed by atoms with Gasteiger partial charge in [0.1, 0.15) is 0 Å². The maximum absolute atomic E-state index is 4.98. The normalized spacial score (nSPS) is 9.83. The molecule has 4 heteroatoms. The van der Waals surface area contributed by atoms with Gasteiger partial charge in [0.15, 0.2) is 12.4 Å². The summed E-state index contributed by atoms with van der Waals surface area (Å²) in [6.07, 6.45) is 5.11. The van der Waals surface area contributed by atoms with Gasteiger partial charge >= 0.3 is 6.08 Å². The van der Waals surface area contributed by atoms with Crippen molar-refractivity contribution in [1.82, 2.24) is 10.1 Å². The van der Waals surface area contributed by atoms with Crippen molar-refractivity contribution in [1.29, 1.82) is 0 Å². The van der Waals surface area contributed by atoms with Crippen molar-refractivity contribution in [2.24, 2.45) is 0 Å². The highest BCUT2D eigenvalue weighted by Gasteiger charge is 2.09. The number of aromatic nitrogens is 2. The third-order valence-electron chi connectivity index (χ3n) is 1.22. The van der Waals surface area contributed by atoms with Crippen LogP contribution in [0.4, 0.5) is 0 Å². The Morgan fingerprint density at radius 1 is 1.67 bits per heavy atom. The second-order valence-corrected chi connectivity index (χ2v) is 2.57. The second kappa shape index (κ2) is 3.77. The fraction of sp³-hybridized carbons (Fsp3) is 0.500. The minimum absolute atomic E-state index is 0.136. The summed E-state index contributed by atoms with van der Waals surface area (Å²) in [5.41, 5.74) is 0. The Labute approximate surface area is 70.9 Å². The zero-order valence-electron chi connectivity index (χ0n) is 7.07. The van der Waals surface area contributed by atoms with Gasteiger partial charge in [-0.05, 0) is 0 Å². The van der Waals surface area contributed by atoms with Gasteiger partial charge in [0.2, 0.25) is 0 Å². The maximum atomic E-state index is 4.98. The molecule has 0 atom stereocenters. The van der Waals surface area contributed by atoms with Crippen LogP contribution in [-0.4, -0.2) is 16.7 Å². The van der Waals surface area contributed by atoms with Crippen LogP contribution in [0.2, 0.25) is 0 Å². The van der Waals surface area contributed by atoms with Crippen molar-refractivity contribution in [2.45, 2.75) is 19.8 Å². The van der Waals surface area contributed by atoms with E-state index >= 15 is 0 Å². The molecule has 0 aliphatic carbocycles. The Morgan fingerprint density at radius 3 is 2.92 bits per heavy atom. The summed E-state index contributed by atoms with van der Waals surface area (Å²) < 4.78 is 9.66. The summed E-state index contributed by atoms with van der Waals surface area (Å²) in [6, 6.07) is 0. The number of nitrogens with zero attached hydrogens (tertiary/aromatic N) is 2. The molecule has 0 amide bonds. The quantitative estimate of drug-likeness (QED) is 0.633. The number of hydrogen-bond acceptors (Lipinski definition) is 4. The number of rotatable bonds is 3. The molecule has 4 nitrogen and oxygen atoms in total. The van der Waals surface area contributed by atoms with Crippen LogP contribution in [0.25, 0.3) is 0 Å². The van der Waals surface area contributed by atoms with Crippen molar-refractivity contribution in [3.05, 3.63) is 5.82 Å². The monoisotopic (exact) mass is 166 g/mol. The lowest BCUT2D eigenvalue weighted by Gasteiger charge is -1.92. The van der Waals surface area contributed by atoms with Crippen LogP contribution in [0.1, 0.15) is 25.6 Å². The van der Waals surface area contributed by atoms with E-state index in [9.17, 15) is 0 Å². The standard InChI is InChI=1S/C8H10N2O2/c1-4-5-11-8-9-7(6(2)3)10-12-8/h1,6H,5H2,2-3H3. The van der Waals surface area contributed by atoms with Crippen molar-refractivity contribution in [2.75, 3.05) is 6.61 Å². The van der Waals surface area contributed by atoms with Crippen LogP contribution in [0, 0.1) is 12.3 Å². The highest BCUT2D eigenvalue weighted by molar-refractivity contribution is 4.96. The lowest BCUT2D eigenvalue weighted by atomic mass is 10.2. The lowest BCUT2D eigenvalue weighted by Crippen LogP contribution is -1.94. The second-order valence-electron chi connectivity index (χ2n) is 2.57. The summed E-state index contributed by atoms with van der Waals surface area (Å²) in [5.74, 6) is 3.16. The van der Waals surface area contributed by atoms with Crippen molar-refractivity contribution in [3.8, 4) is 18.4 Å². The molecular weight excluding hydrogens is 156 g/mol. The summed E-state index contributed by atoms with van der Waals surface area (Å²) in [7, 11) is 0. The topological polar surface area (TPSA) is 48.2 Å². The predicted molar refractivity (Wildman–Crippen MR) is 42.7 cm³/mol. The van der Waals surface area contributed by atoms with Crippen LogP contribution >= 0.6 is 0 Å². The number of ether oxygens (including phenoxy) is 1. The predicted octanol–water partition coefficient (Wildman–Crippen LogP) is 1.21. The molecule has 0 fully saturated rings. The molecule has 12 heavy (non-hydrogen) atoms. The van der Waals surface area contributed by atoms with E-state index in [4.69, 9.17) is 15.7 Å². The van der Waals surface area contributed by atoms with E-state index in [1.807, 2.05) is 13.8 Å². The van der Waals surface area contributed by atoms with Gasteiger partial charge in [-0.15, -0.1) is 6.42 Å². The van der Waals surface area contributed by atoms with Crippen LogP contribution in [-0.2, 0) is 0 Å². The molecule has 1 aromatic heterocycles. The highest BCUT2D eigenvalue weighted by Crippen LogP contribution is 2.13. The first kappa shape index (κ1) is 8.60. The largest absolute Gasteiger partial charge is 0.436 e. The number of hydrogen-bond donors (Lipinski definition) is 0. The molecule has 0 aromatic carbocycles. The van der Waals surface area contributed by atoms with Gasteiger partial charge in [-0.25, -0.2) is 0 Å². The molecule has 0 saturated heterocycles. The van der Waals surface area contributed by atoms with Crippen molar-refractivity contribution in [3.63, 3.8) is 0 Å². The van der Waals surface area contributed by atoms with Gasteiger partial charge in [0, 0.05) is 5.92 Å². The van der Waals surface area contributed by atoms with Gasteiger partial charge < -0.3 is 4.74 Å². The van der Waals surface area contributed by atoms with Gasteiger partial charge in [-0.1, -0.05) is 24.9 Å². The Bertz CT molecular complexity index is 285. The van der Waals surface area contributed by atoms with E-state index in [0.717, 1.165) is 0 Å². The highest BCUT2D eigenvalue weighted by atomic mass is 16.6. The van der Waals surface area contributed by atoms with Crippen LogP contribution in [0.5, 0.6) is 6.08 Å². The summed E-state index contributed by atoms with van der Waals surface area (Å²) >= 11 is 0. The molecule has 64 valence electrons. The average molecular weight is 166 g/mol. The van der Waals surface area contributed by atoms with E-state index in [2.05, 4.69) is 16.1 Å². The van der Waals surface area contributed by atoms with Gasteiger partial charge in [-0.3, -0.25) is 4.52 Å². The smallest absolute Gasteiger partial charge is 0.418 e. The molecule has 0 saturated carbocycles. The minimum atomic E-state index is 0.136. The van der Waals surface area contributed by atoms with Crippen LogP contribution in [0.3, 0.4) is 0 Å². The molecule has 0 bridgehead atoms. The van der Waals surface area contributed by atoms with Crippen molar-refractivity contribution < 1.29 is 9.26 Å². The summed E-state index contributed by atoms with van der Waals surface area (Å²) in [4.78, 5) is 3.95. The Balaban J connectivity index is 2.59. The molecule has 1 heterocycles. The van der Waals surface area contributed by atoms with Crippen LogP contribution < -0.4 is 4.74 Å². The molecule has 0 aliphatic heterocycles. The molecule has 0 spiro atoms. The maximum Gasteiger partial charge on any atom is 0.418 e. The first-order valence-electron chi connectivity index (χ1n) is 3.64. The SMILES string of the molecule is C#CCOc1nc(C(C)C)no1. The Hall–Kier alpha value is -1.50. The van der Waals surface area contributed by atoms with E-state index < -0.39 is 0 Å². The number of terminal acetylenes is 1. The fourth-order valence-corrected chi connectivity index (χ4v) is 0.617. The molecule has 0 unspecified atom stereocenters. The van der Waals surface area contributed by atoms with Crippen LogP contribution in [0.15, 0.2) is 4.52 Å². The van der Waals surface area contributed by atoms with E-state index in [1.165, 1.54) is 0 Å². The molecule has 1 aromatic rings. The van der Waals surface area contributed by atoms with Gasteiger partial charge in [0.25, 0.3) is 0 Å². The molecule has 0 aliphatic rings. The third-order valence-corrected chi connectivity index (χ3v) is 1.22. The Kier molecular flexibility index (Phi) is 2.70. The van der Waals surface area contributed by atoms with Crippen molar-refractivity contribution >= 4 is 0 Å². The molecule has 1 rings (SSSR count). The minimum Gasteiger partial charge on any atom is -0.436 e. The van der Waals surface area contributed by atoms with E-state index in [-0.39, 0.29) is 18.6 Å². The Morgan fingerprint density at radius 2 is 2.42 bits per heavy atom. The first-order chi connectivity index (χ1) is 5.74. The summed E-state index contributed by atoms with van der Waals surface area (Å²) in [5, 5.41) is 3.69. The lowest BCUT2D eigenvalue weighted by molar-refractivity contribution is 0.229.